The van der Waals surface area contributed by atoms with Crippen molar-refractivity contribution < 1.29 is 4.79 Å². The Morgan fingerprint density at radius 3 is 2.43 bits per heavy atom. The molecular weight excluding hydrogens is 414 g/mol. The van der Waals surface area contributed by atoms with Crippen molar-refractivity contribution in [1.82, 2.24) is 9.55 Å². The highest BCUT2D eigenvalue weighted by atomic mass is 32.2. The van der Waals surface area contributed by atoms with Crippen LogP contribution in [0.4, 0.5) is 5.69 Å². The highest BCUT2D eigenvalue weighted by Gasteiger charge is 2.18. The molecule has 4 aromatic rings. The maximum Gasteiger partial charge on any atom is 0.271 e. The van der Waals surface area contributed by atoms with Gasteiger partial charge < -0.3 is 4.90 Å². The molecule has 2 aromatic heterocycles. The van der Waals surface area contributed by atoms with E-state index in [1.54, 1.807) is 11.9 Å². The Labute approximate surface area is 183 Å². The molecule has 0 N–H and O–H groups in total. The van der Waals surface area contributed by atoms with Gasteiger partial charge in [-0.1, -0.05) is 60.3 Å². The number of thiophene rings is 1. The first-order chi connectivity index (χ1) is 14.6. The van der Waals surface area contributed by atoms with Crippen LogP contribution in [0.3, 0.4) is 0 Å². The lowest BCUT2D eigenvalue weighted by atomic mass is 10.1. The van der Waals surface area contributed by atoms with Crippen LogP contribution in [-0.2, 0) is 11.8 Å². The summed E-state index contributed by atoms with van der Waals surface area (Å²) in [5.41, 5.74) is 3.45. The predicted octanol–water partition coefficient (Wildman–Crippen LogP) is 4.81. The summed E-state index contributed by atoms with van der Waals surface area (Å²) >= 11 is 2.70. The average Bonchev–Trinajstić information content (AvgIpc) is 3.21. The number of rotatable bonds is 6. The molecular formula is C23H21N3O2S2. The van der Waals surface area contributed by atoms with Gasteiger partial charge in [0, 0.05) is 30.2 Å². The van der Waals surface area contributed by atoms with Crippen molar-refractivity contribution >= 4 is 44.9 Å². The lowest BCUT2D eigenvalue weighted by Gasteiger charge is -2.20. The number of para-hydroxylation sites is 1. The topological polar surface area (TPSA) is 55.2 Å². The minimum absolute atomic E-state index is 0.0170. The highest BCUT2D eigenvalue weighted by Crippen LogP contribution is 2.32. The normalized spacial score (nSPS) is 11.0. The van der Waals surface area contributed by atoms with Crippen molar-refractivity contribution in [1.29, 1.82) is 0 Å². The Kier molecular flexibility index (Phi) is 6.01. The molecule has 1 amide bonds. The summed E-state index contributed by atoms with van der Waals surface area (Å²) in [6, 6.07) is 19.5. The Hall–Kier alpha value is -2.90. The van der Waals surface area contributed by atoms with Crippen molar-refractivity contribution in [2.75, 3.05) is 17.2 Å². The second-order valence-corrected chi connectivity index (χ2v) is 8.54. The summed E-state index contributed by atoms with van der Waals surface area (Å²) in [5.74, 6) is 0.191. The Bertz CT molecular complexity index is 1230. The van der Waals surface area contributed by atoms with Crippen LogP contribution in [0.25, 0.3) is 21.3 Å². The van der Waals surface area contributed by atoms with E-state index < -0.39 is 0 Å². The zero-order valence-corrected chi connectivity index (χ0v) is 18.4. The fourth-order valence-corrected chi connectivity index (χ4v) is 5.12. The van der Waals surface area contributed by atoms with Crippen LogP contribution in [0.1, 0.15) is 6.92 Å². The minimum atomic E-state index is -0.0856. The summed E-state index contributed by atoms with van der Waals surface area (Å²) in [7, 11) is 1.71. The predicted molar refractivity (Wildman–Crippen MR) is 125 cm³/mol. The zero-order valence-electron chi connectivity index (χ0n) is 16.7. The maximum atomic E-state index is 12.9. The number of amides is 1. The molecule has 2 heterocycles. The van der Waals surface area contributed by atoms with E-state index in [-0.39, 0.29) is 17.2 Å². The molecule has 0 spiro atoms. The first-order valence-electron chi connectivity index (χ1n) is 9.62. The average molecular weight is 436 g/mol. The largest absolute Gasteiger partial charge is 0.312 e. The Morgan fingerprint density at radius 1 is 1.10 bits per heavy atom. The third kappa shape index (κ3) is 3.91. The molecule has 2 aromatic carbocycles. The van der Waals surface area contributed by atoms with E-state index in [1.807, 2.05) is 73.0 Å². The van der Waals surface area contributed by atoms with Gasteiger partial charge in [-0.05, 0) is 24.6 Å². The minimum Gasteiger partial charge on any atom is -0.312 e. The fraction of sp³-hybridized carbons (Fsp3) is 0.174. The lowest BCUT2D eigenvalue weighted by Crippen LogP contribution is -2.32. The van der Waals surface area contributed by atoms with Gasteiger partial charge in [0.2, 0.25) is 5.91 Å². The molecule has 0 fully saturated rings. The van der Waals surface area contributed by atoms with Gasteiger partial charge in [0.1, 0.15) is 4.70 Å². The van der Waals surface area contributed by atoms with Gasteiger partial charge in [-0.2, -0.15) is 0 Å². The zero-order chi connectivity index (χ0) is 21.1. The van der Waals surface area contributed by atoms with Gasteiger partial charge in [-0.15, -0.1) is 11.3 Å². The summed E-state index contributed by atoms with van der Waals surface area (Å²) in [6.07, 6.45) is 0. The monoisotopic (exact) mass is 435 g/mol. The molecule has 0 unspecified atom stereocenters. The van der Waals surface area contributed by atoms with E-state index in [0.717, 1.165) is 16.8 Å². The number of anilines is 1. The van der Waals surface area contributed by atoms with Crippen molar-refractivity contribution in [3.63, 3.8) is 0 Å². The second-order valence-electron chi connectivity index (χ2n) is 6.71. The molecule has 4 rings (SSSR count). The molecule has 0 aliphatic heterocycles. The number of hydrogen-bond acceptors (Lipinski definition) is 5. The van der Waals surface area contributed by atoms with Gasteiger partial charge in [0.05, 0.1) is 11.3 Å². The highest BCUT2D eigenvalue weighted by molar-refractivity contribution is 7.99. The van der Waals surface area contributed by atoms with Crippen LogP contribution in [0.15, 0.2) is 76.0 Å². The second kappa shape index (κ2) is 8.85. The van der Waals surface area contributed by atoms with Crippen LogP contribution in [0.2, 0.25) is 0 Å². The molecule has 0 saturated heterocycles. The van der Waals surface area contributed by atoms with E-state index in [0.29, 0.717) is 21.9 Å². The van der Waals surface area contributed by atoms with Gasteiger partial charge in [0.25, 0.3) is 5.56 Å². The van der Waals surface area contributed by atoms with Crippen LogP contribution >= 0.6 is 23.1 Å². The van der Waals surface area contributed by atoms with Crippen LogP contribution < -0.4 is 10.5 Å². The van der Waals surface area contributed by atoms with Crippen molar-refractivity contribution in [2.45, 2.75) is 12.1 Å². The molecule has 0 aliphatic rings. The standard InChI is InChI=1S/C23H21N3O2S2/c1-3-26(17-12-8-5-9-13-17)19(27)15-30-23-24-20-18(16-10-6-4-7-11-16)14-29-21(20)22(28)25(23)2/h4-14H,3,15H2,1-2H3. The number of aromatic nitrogens is 2. The first-order valence-corrected chi connectivity index (χ1v) is 11.5. The van der Waals surface area contributed by atoms with Crippen LogP contribution in [0, 0.1) is 0 Å². The quantitative estimate of drug-likeness (QED) is 0.322. The first kappa shape index (κ1) is 20.4. The summed E-state index contributed by atoms with van der Waals surface area (Å²) in [5, 5.41) is 2.52. The Balaban J connectivity index is 1.63. The molecule has 30 heavy (non-hydrogen) atoms. The van der Waals surface area contributed by atoms with Gasteiger partial charge in [0.15, 0.2) is 5.16 Å². The maximum absolute atomic E-state index is 12.9. The van der Waals surface area contributed by atoms with E-state index in [4.69, 9.17) is 4.98 Å². The molecule has 0 bridgehead atoms. The van der Waals surface area contributed by atoms with E-state index in [9.17, 15) is 9.59 Å². The van der Waals surface area contributed by atoms with Crippen molar-refractivity contribution in [2.24, 2.45) is 7.05 Å². The number of nitrogens with zero attached hydrogens (tertiary/aromatic N) is 3. The number of fused-ring (bicyclic) bond motifs is 1. The third-order valence-electron chi connectivity index (χ3n) is 4.85. The number of hydrogen-bond donors (Lipinski definition) is 0. The fourth-order valence-electron chi connectivity index (χ4n) is 3.29. The molecule has 0 saturated carbocycles. The number of carbonyl (C=O) groups is 1. The van der Waals surface area contributed by atoms with Crippen molar-refractivity contribution in [3.8, 4) is 11.1 Å². The van der Waals surface area contributed by atoms with E-state index in [1.165, 1.54) is 27.7 Å². The molecule has 0 aliphatic carbocycles. The molecule has 7 heteroatoms. The molecule has 0 radical (unpaired) electrons. The van der Waals surface area contributed by atoms with E-state index in [2.05, 4.69) is 0 Å². The number of carbonyl (C=O) groups excluding carboxylic acids is 1. The molecule has 152 valence electrons. The third-order valence-corrected chi connectivity index (χ3v) is 6.82. The smallest absolute Gasteiger partial charge is 0.271 e. The van der Waals surface area contributed by atoms with E-state index >= 15 is 0 Å². The lowest BCUT2D eigenvalue weighted by molar-refractivity contribution is -0.116. The van der Waals surface area contributed by atoms with Gasteiger partial charge >= 0.3 is 0 Å². The van der Waals surface area contributed by atoms with Crippen molar-refractivity contribution in [3.05, 3.63) is 76.4 Å². The summed E-state index contributed by atoms with van der Waals surface area (Å²) < 4.78 is 2.16. The van der Waals surface area contributed by atoms with Gasteiger partial charge in [-0.25, -0.2) is 4.98 Å². The van der Waals surface area contributed by atoms with Crippen LogP contribution in [0.5, 0.6) is 0 Å². The summed E-state index contributed by atoms with van der Waals surface area (Å²) in [6.45, 7) is 2.53. The Morgan fingerprint density at radius 2 is 1.77 bits per heavy atom. The number of benzene rings is 2. The summed E-state index contributed by atoms with van der Waals surface area (Å²) in [4.78, 5) is 32.2. The molecule has 5 nitrogen and oxygen atoms in total. The number of thioether (sulfide) groups is 1. The SMILES string of the molecule is CCN(C(=O)CSc1nc2c(-c3ccccc3)csc2c(=O)n1C)c1ccccc1. The molecule has 0 atom stereocenters. The van der Waals surface area contributed by atoms with Crippen LogP contribution in [-0.4, -0.2) is 27.8 Å². The van der Waals surface area contributed by atoms with Gasteiger partial charge in [-0.3, -0.25) is 14.2 Å².